The quantitative estimate of drug-likeness (QED) is 0.898. The van der Waals surface area contributed by atoms with Crippen LogP contribution in [-0.2, 0) is 0 Å². The largest absolute Gasteiger partial charge is 0.503 e. The van der Waals surface area contributed by atoms with Gasteiger partial charge in [-0.2, -0.15) is 0 Å². The first-order valence-corrected chi connectivity index (χ1v) is 8.75. The number of benzene rings is 1. The van der Waals surface area contributed by atoms with Gasteiger partial charge in [-0.3, -0.25) is 4.79 Å². The molecule has 0 aliphatic heterocycles. The van der Waals surface area contributed by atoms with Crippen LogP contribution in [0.1, 0.15) is 41.2 Å². The van der Waals surface area contributed by atoms with Crippen LogP contribution in [0.5, 0.6) is 11.5 Å². The molecule has 4 atom stereocenters. The van der Waals surface area contributed by atoms with Gasteiger partial charge in [0, 0.05) is 18.3 Å². The number of carbonyl (C=O) groups is 1. The Hall–Kier alpha value is -2.56. The number of methoxy groups -OCH3 is 1. The minimum absolute atomic E-state index is 0.0294. The third-order valence-electron chi connectivity index (χ3n) is 5.72. The number of hydrogen-bond acceptors (Lipinski definition) is 4. The van der Waals surface area contributed by atoms with Crippen LogP contribution >= 0.6 is 0 Å². The second-order valence-corrected chi connectivity index (χ2v) is 7.03. The minimum Gasteiger partial charge on any atom is -0.503 e. The maximum atomic E-state index is 12.5. The first-order valence-electron chi connectivity index (χ1n) is 8.75. The van der Waals surface area contributed by atoms with Crippen molar-refractivity contribution in [2.75, 3.05) is 7.11 Å². The van der Waals surface area contributed by atoms with E-state index in [-0.39, 0.29) is 29.1 Å². The van der Waals surface area contributed by atoms with Crippen molar-refractivity contribution in [1.29, 1.82) is 0 Å². The molecule has 2 aliphatic rings. The third-order valence-corrected chi connectivity index (χ3v) is 5.72. The zero-order chi connectivity index (χ0) is 17.4. The molecule has 0 spiro atoms. The van der Waals surface area contributed by atoms with E-state index in [1.807, 2.05) is 6.07 Å². The highest BCUT2D eigenvalue weighted by Gasteiger charge is 2.46. The van der Waals surface area contributed by atoms with Crippen molar-refractivity contribution >= 4 is 5.91 Å². The summed E-state index contributed by atoms with van der Waals surface area (Å²) in [5.74, 6) is 1.44. The predicted molar refractivity (Wildman–Crippen MR) is 93.7 cm³/mol. The number of aromatic nitrogens is 1. The zero-order valence-electron chi connectivity index (χ0n) is 14.2. The van der Waals surface area contributed by atoms with Gasteiger partial charge in [-0.05, 0) is 42.6 Å². The molecule has 4 rings (SSSR count). The van der Waals surface area contributed by atoms with E-state index >= 15 is 0 Å². The molecule has 2 bridgehead atoms. The predicted octanol–water partition coefficient (Wildman–Crippen LogP) is 3.11. The van der Waals surface area contributed by atoms with E-state index in [4.69, 9.17) is 4.74 Å². The maximum absolute atomic E-state index is 12.5. The van der Waals surface area contributed by atoms with Gasteiger partial charge >= 0.3 is 0 Å². The maximum Gasteiger partial charge on any atom is 0.274 e. The standard InChI is InChI=1S/C20H22N2O3/c1-25-17-7-8-21-18(19(17)23)20(24)22-16-11-13-9-14(16)10-15(13)12-5-3-2-4-6-12/h2-8,13-16,23H,9-11H2,1H3,(H,22,24)/t13?,14?,15-,16+/m1/s1. The fourth-order valence-corrected chi connectivity index (χ4v) is 4.56. The Labute approximate surface area is 147 Å². The van der Waals surface area contributed by atoms with Crippen LogP contribution in [0, 0.1) is 11.8 Å². The number of hydrogen-bond donors (Lipinski definition) is 2. The lowest BCUT2D eigenvalue weighted by Gasteiger charge is -2.29. The number of nitrogens with one attached hydrogen (secondary N) is 1. The van der Waals surface area contributed by atoms with Gasteiger partial charge in [-0.15, -0.1) is 0 Å². The fourth-order valence-electron chi connectivity index (χ4n) is 4.56. The minimum atomic E-state index is -0.329. The van der Waals surface area contributed by atoms with E-state index < -0.39 is 0 Å². The molecular formula is C20H22N2O3. The second-order valence-electron chi connectivity index (χ2n) is 7.03. The number of aromatic hydroxyl groups is 1. The smallest absolute Gasteiger partial charge is 0.274 e. The molecule has 1 aromatic carbocycles. The van der Waals surface area contributed by atoms with E-state index in [2.05, 4.69) is 34.6 Å². The third kappa shape index (κ3) is 2.84. The molecule has 25 heavy (non-hydrogen) atoms. The normalized spacial score (nSPS) is 27.2. The first kappa shape index (κ1) is 15.9. The van der Waals surface area contributed by atoms with Gasteiger partial charge in [-0.25, -0.2) is 4.98 Å². The summed E-state index contributed by atoms with van der Waals surface area (Å²) in [4.78, 5) is 16.5. The van der Waals surface area contributed by atoms with Crippen LogP contribution in [0.15, 0.2) is 42.6 Å². The summed E-state index contributed by atoms with van der Waals surface area (Å²) in [5.41, 5.74) is 1.44. The van der Waals surface area contributed by atoms with Crippen molar-refractivity contribution in [3.05, 3.63) is 53.9 Å². The van der Waals surface area contributed by atoms with Crippen LogP contribution in [0.2, 0.25) is 0 Å². The molecule has 2 fully saturated rings. The number of carbonyl (C=O) groups excluding carboxylic acids is 1. The molecule has 2 aliphatic carbocycles. The summed E-state index contributed by atoms with van der Waals surface area (Å²) in [6, 6.07) is 12.3. The summed E-state index contributed by atoms with van der Waals surface area (Å²) < 4.78 is 5.05. The monoisotopic (exact) mass is 338 g/mol. The Morgan fingerprint density at radius 1 is 1.16 bits per heavy atom. The van der Waals surface area contributed by atoms with Gasteiger partial charge in [0.1, 0.15) is 0 Å². The Kier molecular flexibility index (Phi) is 4.07. The number of nitrogens with zero attached hydrogens (tertiary/aromatic N) is 1. The molecule has 2 unspecified atom stereocenters. The number of pyridine rings is 1. The van der Waals surface area contributed by atoms with E-state index in [1.54, 1.807) is 0 Å². The Morgan fingerprint density at radius 3 is 2.64 bits per heavy atom. The lowest BCUT2D eigenvalue weighted by Crippen LogP contribution is -2.39. The van der Waals surface area contributed by atoms with Gasteiger partial charge < -0.3 is 15.2 Å². The van der Waals surface area contributed by atoms with Crippen molar-refractivity contribution in [3.8, 4) is 11.5 Å². The molecule has 130 valence electrons. The van der Waals surface area contributed by atoms with Crippen molar-refractivity contribution in [3.63, 3.8) is 0 Å². The average Bonchev–Trinajstić information content (AvgIpc) is 3.23. The van der Waals surface area contributed by atoms with Crippen LogP contribution in [0.3, 0.4) is 0 Å². The molecule has 0 radical (unpaired) electrons. The summed E-state index contributed by atoms with van der Waals surface area (Å²) in [6.45, 7) is 0. The fraction of sp³-hybridized carbons (Fsp3) is 0.400. The number of amides is 1. The zero-order valence-corrected chi connectivity index (χ0v) is 14.2. The molecular weight excluding hydrogens is 316 g/mol. The molecule has 0 saturated heterocycles. The van der Waals surface area contributed by atoms with Crippen molar-refractivity contribution in [2.45, 2.75) is 31.2 Å². The molecule has 1 aromatic heterocycles. The molecule has 2 saturated carbocycles. The highest BCUT2D eigenvalue weighted by Crippen LogP contribution is 2.53. The number of ether oxygens (including phenoxy) is 1. The highest BCUT2D eigenvalue weighted by molar-refractivity contribution is 5.95. The average molecular weight is 338 g/mol. The highest BCUT2D eigenvalue weighted by atomic mass is 16.5. The lowest BCUT2D eigenvalue weighted by atomic mass is 9.81. The Bertz CT molecular complexity index is 778. The molecule has 5 nitrogen and oxygen atoms in total. The topological polar surface area (TPSA) is 71.5 Å². The molecule has 1 heterocycles. The van der Waals surface area contributed by atoms with Gasteiger partial charge in [-0.1, -0.05) is 30.3 Å². The van der Waals surface area contributed by atoms with Gasteiger partial charge in [0.25, 0.3) is 5.91 Å². The second kappa shape index (κ2) is 6.39. The molecule has 5 heteroatoms. The summed E-state index contributed by atoms with van der Waals surface area (Å²) >= 11 is 0. The molecule has 1 amide bonds. The van der Waals surface area contributed by atoms with Crippen LogP contribution in [0.4, 0.5) is 0 Å². The van der Waals surface area contributed by atoms with E-state index in [9.17, 15) is 9.90 Å². The summed E-state index contributed by atoms with van der Waals surface area (Å²) in [7, 11) is 1.45. The van der Waals surface area contributed by atoms with E-state index in [0.717, 1.165) is 19.3 Å². The lowest BCUT2D eigenvalue weighted by molar-refractivity contribution is 0.0912. The van der Waals surface area contributed by atoms with Crippen LogP contribution < -0.4 is 10.1 Å². The molecule has 2 N–H and O–H groups in total. The first-order chi connectivity index (χ1) is 12.2. The van der Waals surface area contributed by atoms with E-state index in [0.29, 0.717) is 17.8 Å². The Balaban J connectivity index is 1.44. The van der Waals surface area contributed by atoms with Crippen LogP contribution in [-0.4, -0.2) is 29.1 Å². The van der Waals surface area contributed by atoms with Gasteiger partial charge in [0.2, 0.25) is 0 Å². The van der Waals surface area contributed by atoms with E-state index in [1.165, 1.54) is 24.9 Å². The Morgan fingerprint density at radius 2 is 1.96 bits per heavy atom. The number of fused-ring (bicyclic) bond motifs is 2. The van der Waals surface area contributed by atoms with Crippen molar-refractivity contribution < 1.29 is 14.6 Å². The van der Waals surface area contributed by atoms with Crippen molar-refractivity contribution in [1.82, 2.24) is 10.3 Å². The summed E-state index contributed by atoms with van der Waals surface area (Å²) in [6.07, 6.45) is 4.72. The van der Waals surface area contributed by atoms with Crippen LogP contribution in [0.25, 0.3) is 0 Å². The van der Waals surface area contributed by atoms with Crippen molar-refractivity contribution in [2.24, 2.45) is 11.8 Å². The summed E-state index contributed by atoms with van der Waals surface area (Å²) in [5, 5.41) is 13.2. The van der Waals surface area contributed by atoms with Gasteiger partial charge in [0.05, 0.1) is 7.11 Å². The SMILES string of the molecule is COc1ccnc(C(=O)N[C@H]2CC3CC2C[C@@H]3c2ccccc2)c1O. The van der Waals surface area contributed by atoms with Gasteiger partial charge in [0.15, 0.2) is 17.2 Å². The molecule has 2 aromatic rings. The number of rotatable bonds is 4.